The highest BCUT2D eigenvalue weighted by atomic mass is 16.5. The molecule has 0 bridgehead atoms. The molecule has 0 fully saturated rings. The van der Waals surface area contributed by atoms with E-state index >= 15 is 0 Å². The monoisotopic (exact) mass is 285 g/mol. The third-order valence-corrected chi connectivity index (χ3v) is 3.22. The largest absolute Gasteiger partial charge is 0.497 e. The van der Waals surface area contributed by atoms with E-state index in [-0.39, 0.29) is 0 Å². The van der Waals surface area contributed by atoms with Crippen molar-refractivity contribution >= 4 is 5.69 Å². The zero-order valence-corrected chi connectivity index (χ0v) is 13.0. The van der Waals surface area contributed by atoms with Crippen molar-refractivity contribution in [1.82, 2.24) is 9.88 Å². The lowest BCUT2D eigenvalue weighted by Gasteiger charge is -2.17. The highest BCUT2D eigenvalue weighted by Crippen LogP contribution is 2.15. The van der Waals surface area contributed by atoms with Gasteiger partial charge in [-0.25, -0.2) is 0 Å². The van der Waals surface area contributed by atoms with Crippen molar-refractivity contribution in [1.29, 1.82) is 0 Å². The number of methoxy groups -OCH3 is 1. The molecule has 0 aliphatic heterocycles. The fraction of sp³-hybridized carbons (Fsp3) is 0.353. The van der Waals surface area contributed by atoms with Crippen molar-refractivity contribution in [2.75, 3.05) is 26.0 Å². The average Bonchev–Trinajstić information content (AvgIpc) is 2.48. The first kappa shape index (κ1) is 15.3. The maximum atomic E-state index is 5.26. The van der Waals surface area contributed by atoms with Crippen molar-refractivity contribution in [3.8, 4) is 5.75 Å². The van der Waals surface area contributed by atoms with Crippen LogP contribution in [0.2, 0.25) is 0 Å². The zero-order chi connectivity index (χ0) is 15.1. The molecule has 0 unspecified atom stereocenters. The fourth-order valence-corrected chi connectivity index (χ4v) is 2.29. The zero-order valence-electron chi connectivity index (χ0n) is 13.0. The SMILES string of the molecule is CCNc1ccnc(CN(C)Cc2cccc(OC)c2)c1. The summed E-state index contributed by atoms with van der Waals surface area (Å²) in [4.78, 5) is 6.67. The Morgan fingerprint density at radius 3 is 2.81 bits per heavy atom. The quantitative estimate of drug-likeness (QED) is 0.848. The summed E-state index contributed by atoms with van der Waals surface area (Å²) in [5, 5.41) is 3.31. The van der Waals surface area contributed by atoms with Crippen molar-refractivity contribution < 1.29 is 4.74 Å². The van der Waals surface area contributed by atoms with Gasteiger partial charge in [-0.05, 0) is 43.8 Å². The van der Waals surface area contributed by atoms with Crippen molar-refractivity contribution in [2.45, 2.75) is 20.0 Å². The number of hydrogen-bond acceptors (Lipinski definition) is 4. The lowest BCUT2D eigenvalue weighted by atomic mass is 10.2. The van der Waals surface area contributed by atoms with Gasteiger partial charge in [0, 0.05) is 31.5 Å². The number of benzene rings is 1. The summed E-state index contributed by atoms with van der Waals surface area (Å²) in [6.45, 7) is 4.69. The molecule has 1 heterocycles. The van der Waals surface area contributed by atoms with Gasteiger partial charge in [-0.1, -0.05) is 12.1 Å². The number of hydrogen-bond donors (Lipinski definition) is 1. The summed E-state index contributed by atoms with van der Waals surface area (Å²) in [6.07, 6.45) is 1.85. The van der Waals surface area contributed by atoms with Gasteiger partial charge in [0.1, 0.15) is 5.75 Å². The van der Waals surface area contributed by atoms with E-state index in [2.05, 4.69) is 47.4 Å². The second kappa shape index (κ2) is 7.64. The summed E-state index contributed by atoms with van der Waals surface area (Å²) < 4.78 is 5.26. The van der Waals surface area contributed by atoms with Crippen LogP contribution in [0.1, 0.15) is 18.2 Å². The summed E-state index contributed by atoms with van der Waals surface area (Å²) in [7, 11) is 3.79. The molecule has 1 N–H and O–H groups in total. The average molecular weight is 285 g/mol. The van der Waals surface area contributed by atoms with Crippen LogP contribution in [0.5, 0.6) is 5.75 Å². The number of pyridine rings is 1. The van der Waals surface area contributed by atoms with Gasteiger partial charge < -0.3 is 10.1 Å². The number of nitrogens with zero attached hydrogens (tertiary/aromatic N) is 2. The van der Waals surface area contributed by atoms with E-state index in [9.17, 15) is 0 Å². The standard InChI is InChI=1S/C17H23N3O/c1-4-18-15-8-9-19-16(11-15)13-20(2)12-14-6-5-7-17(10-14)21-3/h5-11H,4,12-13H2,1-3H3,(H,18,19). The molecule has 0 aliphatic carbocycles. The molecule has 1 aromatic carbocycles. The van der Waals surface area contributed by atoms with Gasteiger partial charge in [-0.2, -0.15) is 0 Å². The second-order valence-electron chi connectivity index (χ2n) is 5.09. The number of ether oxygens (including phenoxy) is 1. The lowest BCUT2D eigenvalue weighted by Crippen LogP contribution is -2.18. The predicted octanol–water partition coefficient (Wildman–Crippen LogP) is 3.15. The molecular formula is C17H23N3O. The van der Waals surface area contributed by atoms with Gasteiger partial charge in [0.2, 0.25) is 0 Å². The predicted molar refractivity (Wildman–Crippen MR) is 86.6 cm³/mol. The highest BCUT2D eigenvalue weighted by molar-refractivity contribution is 5.42. The first-order chi connectivity index (χ1) is 10.2. The summed E-state index contributed by atoms with van der Waals surface area (Å²) in [6, 6.07) is 12.3. The Kier molecular flexibility index (Phi) is 5.58. The Bertz CT molecular complexity index is 571. The van der Waals surface area contributed by atoms with Crippen LogP contribution in [0.3, 0.4) is 0 Å². The van der Waals surface area contributed by atoms with Crippen LogP contribution in [0, 0.1) is 0 Å². The van der Waals surface area contributed by atoms with E-state index in [4.69, 9.17) is 4.74 Å². The van der Waals surface area contributed by atoms with E-state index in [0.29, 0.717) is 0 Å². The molecule has 0 atom stereocenters. The molecule has 1 aromatic heterocycles. The second-order valence-corrected chi connectivity index (χ2v) is 5.09. The molecule has 0 saturated heterocycles. The molecule has 0 amide bonds. The molecule has 2 rings (SSSR count). The van der Waals surface area contributed by atoms with Crippen LogP contribution in [0.4, 0.5) is 5.69 Å². The minimum Gasteiger partial charge on any atom is -0.497 e. The number of aromatic nitrogens is 1. The third kappa shape index (κ3) is 4.76. The van der Waals surface area contributed by atoms with Crippen molar-refractivity contribution in [2.24, 2.45) is 0 Å². The number of nitrogens with one attached hydrogen (secondary N) is 1. The summed E-state index contributed by atoms with van der Waals surface area (Å²) >= 11 is 0. The van der Waals surface area contributed by atoms with Gasteiger partial charge >= 0.3 is 0 Å². The maximum Gasteiger partial charge on any atom is 0.119 e. The first-order valence-corrected chi connectivity index (χ1v) is 7.21. The highest BCUT2D eigenvalue weighted by Gasteiger charge is 2.04. The fourth-order valence-electron chi connectivity index (χ4n) is 2.29. The van der Waals surface area contributed by atoms with Crippen molar-refractivity contribution in [3.63, 3.8) is 0 Å². The molecule has 0 saturated carbocycles. The molecule has 2 aromatic rings. The lowest BCUT2D eigenvalue weighted by molar-refractivity contribution is 0.314. The molecule has 0 aliphatic rings. The van der Waals surface area contributed by atoms with Crippen LogP contribution in [-0.4, -0.2) is 30.6 Å². The van der Waals surface area contributed by atoms with E-state index < -0.39 is 0 Å². The Balaban J connectivity index is 1.97. The Morgan fingerprint density at radius 2 is 2.05 bits per heavy atom. The minimum atomic E-state index is 0.816. The van der Waals surface area contributed by atoms with Gasteiger partial charge in [-0.15, -0.1) is 0 Å². The van der Waals surface area contributed by atoms with Crippen molar-refractivity contribution in [3.05, 3.63) is 53.9 Å². The normalized spacial score (nSPS) is 10.7. The van der Waals surface area contributed by atoms with Crippen LogP contribution in [0.25, 0.3) is 0 Å². The smallest absolute Gasteiger partial charge is 0.119 e. The summed E-state index contributed by atoms with van der Waals surface area (Å²) in [5.74, 6) is 0.896. The van der Waals surface area contributed by atoms with E-state index in [0.717, 1.165) is 36.8 Å². The molecular weight excluding hydrogens is 262 g/mol. The topological polar surface area (TPSA) is 37.4 Å². The molecule has 4 heteroatoms. The van der Waals surface area contributed by atoms with Crippen LogP contribution < -0.4 is 10.1 Å². The Labute approximate surface area is 126 Å². The number of rotatable bonds is 7. The van der Waals surface area contributed by atoms with Crippen LogP contribution >= 0.6 is 0 Å². The summed E-state index contributed by atoms with van der Waals surface area (Å²) in [5.41, 5.74) is 3.43. The molecule has 112 valence electrons. The maximum absolute atomic E-state index is 5.26. The minimum absolute atomic E-state index is 0.816. The van der Waals surface area contributed by atoms with Gasteiger partial charge in [-0.3, -0.25) is 9.88 Å². The third-order valence-electron chi connectivity index (χ3n) is 3.22. The molecule has 0 spiro atoms. The van der Waals surface area contributed by atoms with E-state index in [1.54, 1.807) is 7.11 Å². The van der Waals surface area contributed by atoms with Gasteiger partial charge in [0.15, 0.2) is 0 Å². The Hall–Kier alpha value is -2.07. The van der Waals surface area contributed by atoms with Crippen LogP contribution in [0.15, 0.2) is 42.6 Å². The van der Waals surface area contributed by atoms with E-state index in [1.807, 2.05) is 24.4 Å². The van der Waals surface area contributed by atoms with Gasteiger partial charge in [0.05, 0.1) is 12.8 Å². The molecule has 21 heavy (non-hydrogen) atoms. The van der Waals surface area contributed by atoms with Gasteiger partial charge in [0.25, 0.3) is 0 Å². The Morgan fingerprint density at radius 1 is 1.19 bits per heavy atom. The number of anilines is 1. The first-order valence-electron chi connectivity index (χ1n) is 7.21. The van der Waals surface area contributed by atoms with Crippen LogP contribution in [-0.2, 0) is 13.1 Å². The van der Waals surface area contributed by atoms with E-state index in [1.165, 1.54) is 5.56 Å². The molecule has 4 nitrogen and oxygen atoms in total. The molecule has 0 radical (unpaired) electrons.